The van der Waals surface area contributed by atoms with E-state index in [0.717, 1.165) is 6.07 Å². The summed E-state index contributed by atoms with van der Waals surface area (Å²) in [6.07, 6.45) is 2.03. The van der Waals surface area contributed by atoms with Gasteiger partial charge in [-0.2, -0.15) is 4.31 Å². The Labute approximate surface area is 144 Å². The van der Waals surface area contributed by atoms with Crippen molar-refractivity contribution in [1.82, 2.24) is 9.29 Å². The van der Waals surface area contributed by atoms with Crippen molar-refractivity contribution in [2.75, 3.05) is 13.1 Å². The number of aliphatic hydroxyl groups is 1. The third-order valence-corrected chi connectivity index (χ3v) is 6.42. The van der Waals surface area contributed by atoms with E-state index < -0.39 is 21.4 Å². The molecule has 8 heteroatoms. The van der Waals surface area contributed by atoms with Crippen molar-refractivity contribution in [1.29, 1.82) is 0 Å². The molecule has 0 aliphatic carbocycles. The highest BCUT2D eigenvalue weighted by Crippen LogP contribution is 2.33. The van der Waals surface area contributed by atoms with E-state index in [0.29, 0.717) is 5.69 Å². The number of pyridine rings is 1. The average molecular weight is 371 g/mol. The van der Waals surface area contributed by atoms with Crippen LogP contribution in [0.3, 0.4) is 0 Å². The summed E-state index contributed by atoms with van der Waals surface area (Å²) in [6.45, 7) is 0.249. The van der Waals surface area contributed by atoms with Gasteiger partial charge in [0.25, 0.3) is 0 Å². The van der Waals surface area contributed by atoms with E-state index in [1.165, 1.54) is 16.4 Å². The topological polar surface area (TPSA) is 70.5 Å². The summed E-state index contributed by atoms with van der Waals surface area (Å²) in [5.41, 5.74) is -0.627. The van der Waals surface area contributed by atoms with Crippen LogP contribution in [0.5, 0.6) is 0 Å². The van der Waals surface area contributed by atoms with Crippen molar-refractivity contribution < 1.29 is 17.9 Å². The normalized spacial score (nSPS) is 18.5. The lowest BCUT2D eigenvalue weighted by Crippen LogP contribution is -2.45. The molecule has 1 aliphatic rings. The molecule has 1 saturated heterocycles. The highest BCUT2D eigenvalue weighted by Gasteiger charge is 2.39. The largest absolute Gasteiger partial charge is 0.383 e. The maximum Gasteiger partial charge on any atom is 0.243 e. The summed E-state index contributed by atoms with van der Waals surface area (Å²) in [5, 5.41) is 10.6. The third-order valence-electron chi connectivity index (χ3n) is 4.22. The number of sulfonamides is 1. The fraction of sp³-hybridized carbons (Fsp3) is 0.312. The van der Waals surface area contributed by atoms with Gasteiger partial charge >= 0.3 is 0 Å². The fourth-order valence-corrected chi connectivity index (χ4v) is 4.35. The molecule has 3 rings (SSSR count). The van der Waals surface area contributed by atoms with E-state index in [1.807, 2.05) is 0 Å². The number of aromatic nitrogens is 1. The standard InChI is InChI=1S/C16H16ClFN2O3S/c17-13-5-4-12(11-14(13)18)24(22,23)20-9-6-16(21,7-10-20)15-3-1-2-8-19-15/h1-5,8,11,21H,6-7,9-10H2. The van der Waals surface area contributed by atoms with Gasteiger partial charge in [-0.05, 0) is 43.2 Å². The van der Waals surface area contributed by atoms with Crippen LogP contribution in [0.15, 0.2) is 47.5 Å². The van der Waals surface area contributed by atoms with E-state index >= 15 is 0 Å². The fourth-order valence-electron chi connectivity index (χ4n) is 2.78. The van der Waals surface area contributed by atoms with Gasteiger partial charge < -0.3 is 5.11 Å². The molecule has 5 nitrogen and oxygen atoms in total. The highest BCUT2D eigenvalue weighted by molar-refractivity contribution is 7.89. The van der Waals surface area contributed by atoms with Crippen LogP contribution in [0, 0.1) is 5.82 Å². The lowest BCUT2D eigenvalue weighted by Gasteiger charge is -2.37. The molecule has 1 N–H and O–H groups in total. The van der Waals surface area contributed by atoms with E-state index in [2.05, 4.69) is 4.98 Å². The molecule has 0 saturated carbocycles. The lowest BCUT2D eigenvalue weighted by molar-refractivity contribution is -0.0134. The molecule has 2 aromatic rings. The molecule has 1 aliphatic heterocycles. The number of benzene rings is 1. The minimum Gasteiger partial charge on any atom is -0.383 e. The SMILES string of the molecule is O=S(=O)(c1ccc(Cl)c(F)c1)N1CCC(O)(c2ccccn2)CC1. The number of rotatable bonds is 3. The molecule has 2 heterocycles. The van der Waals surface area contributed by atoms with Gasteiger partial charge in [-0.1, -0.05) is 17.7 Å². The summed E-state index contributed by atoms with van der Waals surface area (Å²) in [6, 6.07) is 8.66. The number of piperidine rings is 1. The monoisotopic (exact) mass is 370 g/mol. The first-order valence-electron chi connectivity index (χ1n) is 7.42. The van der Waals surface area contributed by atoms with Gasteiger partial charge in [0.15, 0.2) is 0 Å². The Morgan fingerprint density at radius 2 is 1.92 bits per heavy atom. The first-order valence-corrected chi connectivity index (χ1v) is 9.24. The van der Waals surface area contributed by atoms with Crippen molar-refractivity contribution in [3.05, 3.63) is 59.1 Å². The molecule has 1 aromatic carbocycles. The van der Waals surface area contributed by atoms with Gasteiger partial charge in [0.05, 0.1) is 15.6 Å². The van der Waals surface area contributed by atoms with Crippen LogP contribution in [-0.4, -0.2) is 35.9 Å². The highest BCUT2D eigenvalue weighted by atomic mass is 35.5. The number of nitrogens with zero attached hydrogens (tertiary/aromatic N) is 2. The minimum absolute atomic E-state index is 0.125. The van der Waals surface area contributed by atoms with Crippen molar-refractivity contribution in [3.63, 3.8) is 0 Å². The van der Waals surface area contributed by atoms with Crippen LogP contribution in [-0.2, 0) is 15.6 Å². The summed E-state index contributed by atoms with van der Waals surface area (Å²) in [7, 11) is -3.83. The summed E-state index contributed by atoms with van der Waals surface area (Å²) in [5.74, 6) is -0.778. The van der Waals surface area contributed by atoms with Gasteiger partial charge in [-0.3, -0.25) is 4.98 Å². The number of halogens is 2. The summed E-state index contributed by atoms with van der Waals surface area (Å²) < 4.78 is 40.0. The molecule has 24 heavy (non-hydrogen) atoms. The Morgan fingerprint density at radius 1 is 1.21 bits per heavy atom. The van der Waals surface area contributed by atoms with Gasteiger partial charge in [-0.25, -0.2) is 12.8 Å². The van der Waals surface area contributed by atoms with Crippen LogP contribution in [0.1, 0.15) is 18.5 Å². The third kappa shape index (κ3) is 3.17. The molecule has 128 valence electrons. The molecule has 1 fully saturated rings. The Morgan fingerprint density at radius 3 is 2.50 bits per heavy atom. The number of hydrogen-bond acceptors (Lipinski definition) is 4. The summed E-state index contributed by atoms with van der Waals surface area (Å²) >= 11 is 5.60. The van der Waals surface area contributed by atoms with Crippen LogP contribution in [0.25, 0.3) is 0 Å². The molecule has 0 radical (unpaired) electrons. The molecule has 1 aromatic heterocycles. The second-order valence-corrected chi connectivity index (χ2v) is 8.07. The first-order chi connectivity index (χ1) is 11.3. The van der Waals surface area contributed by atoms with Crippen molar-refractivity contribution in [2.24, 2.45) is 0 Å². The Hall–Kier alpha value is -1.54. The average Bonchev–Trinajstić information content (AvgIpc) is 2.58. The van der Waals surface area contributed by atoms with Gasteiger partial charge in [0.1, 0.15) is 11.4 Å². The Balaban J connectivity index is 1.80. The van der Waals surface area contributed by atoms with Gasteiger partial charge in [0, 0.05) is 19.3 Å². The predicted molar refractivity (Wildman–Crippen MR) is 87.5 cm³/mol. The summed E-state index contributed by atoms with van der Waals surface area (Å²) in [4.78, 5) is 4.01. The zero-order valence-electron chi connectivity index (χ0n) is 12.7. The van der Waals surface area contributed by atoms with Crippen LogP contribution >= 0.6 is 11.6 Å². The maximum absolute atomic E-state index is 13.6. The predicted octanol–water partition coefficient (Wildman–Crippen LogP) is 2.55. The van der Waals surface area contributed by atoms with E-state index in [9.17, 15) is 17.9 Å². The minimum atomic E-state index is -3.83. The van der Waals surface area contributed by atoms with E-state index in [1.54, 1.807) is 24.4 Å². The second-order valence-electron chi connectivity index (χ2n) is 5.73. The van der Waals surface area contributed by atoms with E-state index in [4.69, 9.17) is 11.6 Å². The number of hydrogen-bond donors (Lipinski definition) is 1. The smallest absolute Gasteiger partial charge is 0.243 e. The van der Waals surface area contributed by atoms with Crippen LogP contribution in [0.4, 0.5) is 4.39 Å². The van der Waals surface area contributed by atoms with Gasteiger partial charge in [-0.15, -0.1) is 0 Å². The zero-order valence-corrected chi connectivity index (χ0v) is 14.3. The van der Waals surface area contributed by atoms with Crippen molar-refractivity contribution in [2.45, 2.75) is 23.3 Å². The zero-order chi connectivity index (χ0) is 17.4. The van der Waals surface area contributed by atoms with E-state index in [-0.39, 0.29) is 35.8 Å². The first kappa shape index (κ1) is 17.3. The Kier molecular flexibility index (Phi) is 4.61. The van der Waals surface area contributed by atoms with Crippen LogP contribution < -0.4 is 0 Å². The molecule has 0 unspecified atom stereocenters. The molecule has 0 bridgehead atoms. The molecule has 0 atom stereocenters. The quantitative estimate of drug-likeness (QED) is 0.901. The van der Waals surface area contributed by atoms with Gasteiger partial charge in [0.2, 0.25) is 10.0 Å². The van der Waals surface area contributed by atoms with Crippen LogP contribution in [0.2, 0.25) is 5.02 Å². The molecular formula is C16H16ClFN2O3S. The second kappa shape index (κ2) is 6.40. The maximum atomic E-state index is 13.6. The molecule has 0 amide bonds. The molecular weight excluding hydrogens is 355 g/mol. The van der Waals surface area contributed by atoms with Crippen molar-refractivity contribution in [3.8, 4) is 0 Å². The Bertz CT molecular complexity index is 838. The lowest BCUT2D eigenvalue weighted by atomic mass is 9.89. The van der Waals surface area contributed by atoms with Crippen molar-refractivity contribution >= 4 is 21.6 Å². The molecule has 0 spiro atoms.